The van der Waals surface area contributed by atoms with Crippen molar-refractivity contribution in [3.05, 3.63) is 40.9 Å². The van der Waals surface area contributed by atoms with Crippen molar-refractivity contribution in [3.63, 3.8) is 0 Å². The molecule has 0 saturated carbocycles. The van der Waals surface area contributed by atoms with Crippen molar-refractivity contribution in [1.82, 2.24) is 10.1 Å². The molecule has 7 heteroatoms. The number of rotatable bonds is 3. The van der Waals surface area contributed by atoms with Gasteiger partial charge >= 0.3 is 6.18 Å². The molecule has 0 radical (unpaired) electrons. The molecule has 2 heterocycles. The minimum atomic E-state index is -4.38. The van der Waals surface area contributed by atoms with Crippen LogP contribution in [-0.4, -0.2) is 10.1 Å². The number of pyridine rings is 1. The van der Waals surface area contributed by atoms with Crippen LogP contribution in [0.1, 0.15) is 35.5 Å². The Morgan fingerprint density at radius 1 is 1.25 bits per heavy atom. The summed E-state index contributed by atoms with van der Waals surface area (Å²) < 4.78 is 42.3. The van der Waals surface area contributed by atoms with Gasteiger partial charge in [0.05, 0.1) is 17.3 Å². The Labute approximate surface area is 114 Å². The van der Waals surface area contributed by atoms with Gasteiger partial charge in [0.1, 0.15) is 11.6 Å². The first-order chi connectivity index (χ1) is 9.29. The third-order valence-electron chi connectivity index (χ3n) is 2.98. The lowest BCUT2D eigenvalue weighted by molar-refractivity contribution is -0.137. The number of anilines is 1. The molecule has 0 aliphatic carbocycles. The van der Waals surface area contributed by atoms with E-state index in [1.165, 1.54) is 6.07 Å². The molecule has 1 N–H and O–H groups in total. The highest BCUT2D eigenvalue weighted by atomic mass is 19.4. The van der Waals surface area contributed by atoms with Gasteiger partial charge < -0.3 is 9.84 Å². The molecule has 0 aliphatic heterocycles. The molecule has 0 spiro atoms. The van der Waals surface area contributed by atoms with Crippen LogP contribution in [0.2, 0.25) is 0 Å². The van der Waals surface area contributed by atoms with E-state index in [1.807, 2.05) is 13.8 Å². The predicted octanol–water partition coefficient (Wildman–Crippen LogP) is 3.88. The summed E-state index contributed by atoms with van der Waals surface area (Å²) >= 11 is 0. The lowest BCUT2D eigenvalue weighted by Gasteiger charge is -2.15. The second-order valence-electron chi connectivity index (χ2n) is 4.53. The molecule has 0 saturated heterocycles. The summed E-state index contributed by atoms with van der Waals surface area (Å²) in [6, 6.07) is 2.14. The maximum Gasteiger partial charge on any atom is 0.417 e. The Morgan fingerprint density at radius 2 is 1.95 bits per heavy atom. The number of nitrogens with zero attached hydrogens (tertiary/aromatic N) is 2. The maximum atomic E-state index is 12.4. The number of nitrogens with one attached hydrogen (secondary N) is 1. The zero-order valence-corrected chi connectivity index (χ0v) is 11.2. The summed E-state index contributed by atoms with van der Waals surface area (Å²) in [7, 11) is 0. The number of halogens is 3. The van der Waals surface area contributed by atoms with Crippen LogP contribution >= 0.6 is 0 Å². The second-order valence-corrected chi connectivity index (χ2v) is 4.53. The fraction of sp³-hybridized carbons (Fsp3) is 0.385. The molecule has 2 aromatic rings. The van der Waals surface area contributed by atoms with Gasteiger partial charge in [-0.2, -0.15) is 13.2 Å². The lowest BCUT2D eigenvalue weighted by atomic mass is 10.1. The van der Waals surface area contributed by atoms with Crippen LogP contribution in [0.15, 0.2) is 22.9 Å². The van der Waals surface area contributed by atoms with Crippen molar-refractivity contribution < 1.29 is 17.7 Å². The Morgan fingerprint density at radius 3 is 2.40 bits per heavy atom. The predicted molar refractivity (Wildman–Crippen MR) is 67.3 cm³/mol. The van der Waals surface area contributed by atoms with Crippen molar-refractivity contribution in [2.75, 3.05) is 5.32 Å². The minimum absolute atomic E-state index is 0.162. The zero-order valence-electron chi connectivity index (χ0n) is 11.2. The third kappa shape index (κ3) is 2.92. The number of hydrogen-bond acceptors (Lipinski definition) is 4. The van der Waals surface area contributed by atoms with Gasteiger partial charge in [0.25, 0.3) is 0 Å². The first-order valence-corrected chi connectivity index (χ1v) is 6.01. The number of aromatic nitrogens is 2. The molecule has 0 amide bonds. The van der Waals surface area contributed by atoms with Gasteiger partial charge in [-0.05, 0) is 32.9 Å². The molecule has 1 atom stereocenters. The van der Waals surface area contributed by atoms with E-state index < -0.39 is 11.7 Å². The lowest BCUT2D eigenvalue weighted by Crippen LogP contribution is -2.11. The van der Waals surface area contributed by atoms with Gasteiger partial charge in [-0.15, -0.1) is 0 Å². The maximum absolute atomic E-state index is 12.4. The van der Waals surface area contributed by atoms with Crippen molar-refractivity contribution in [3.8, 4) is 0 Å². The highest BCUT2D eigenvalue weighted by Crippen LogP contribution is 2.30. The molecule has 2 rings (SSSR count). The molecule has 0 aromatic carbocycles. The van der Waals surface area contributed by atoms with Crippen LogP contribution in [0.3, 0.4) is 0 Å². The average molecular weight is 285 g/mol. The van der Waals surface area contributed by atoms with Crippen molar-refractivity contribution in [2.24, 2.45) is 0 Å². The van der Waals surface area contributed by atoms with E-state index in [4.69, 9.17) is 4.52 Å². The van der Waals surface area contributed by atoms with Crippen LogP contribution in [0.25, 0.3) is 0 Å². The smallest absolute Gasteiger partial charge is 0.363 e. The molecule has 20 heavy (non-hydrogen) atoms. The Kier molecular flexibility index (Phi) is 3.69. The van der Waals surface area contributed by atoms with Gasteiger partial charge in [-0.3, -0.25) is 0 Å². The quantitative estimate of drug-likeness (QED) is 0.929. The SMILES string of the molecule is Cc1noc(C)c1C(C)Nc1ccc(C(F)(F)F)cn1. The van der Waals surface area contributed by atoms with E-state index in [0.717, 1.165) is 23.5 Å². The summed E-state index contributed by atoms with van der Waals surface area (Å²) in [5.74, 6) is 1.04. The van der Waals surface area contributed by atoms with Crippen LogP contribution < -0.4 is 5.32 Å². The fourth-order valence-corrected chi connectivity index (χ4v) is 2.05. The molecule has 0 aliphatic rings. The summed E-state index contributed by atoms with van der Waals surface area (Å²) in [5, 5.41) is 6.87. The van der Waals surface area contributed by atoms with E-state index in [9.17, 15) is 13.2 Å². The fourth-order valence-electron chi connectivity index (χ4n) is 2.05. The second kappa shape index (κ2) is 5.15. The van der Waals surface area contributed by atoms with E-state index >= 15 is 0 Å². The van der Waals surface area contributed by atoms with Gasteiger partial charge in [-0.1, -0.05) is 5.16 Å². The van der Waals surface area contributed by atoms with Crippen LogP contribution in [0.4, 0.5) is 19.0 Å². The van der Waals surface area contributed by atoms with E-state index in [1.54, 1.807) is 6.92 Å². The van der Waals surface area contributed by atoms with Crippen molar-refractivity contribution in [2.45, 2.75) is 33.0 Å². The minimum Gasteiger partial charge on any atom is -0.363 e. The van der Waals surface area contributed by atoms with Crippen molar-refractivity contribution >= 4 is 5.82 Å². The highest BCUT2D eigenvalue weighted by Gasteiger charge is 2.30. The van der Waals surface area contributed by atoms with Crippen LogP contribution in [0.5, 0.6) is 0 Å². The van der Waals surface area contributed by atoms with Gasteiger partial charge in [0.15, 0.2) is 0 Å². The van der Waals surface area contributed by atoms with Gasteiger partial charge in [0.2, 0.25) is 0 Å². The first-order valence-electron chi connectivity index (χ1n) is 6.01. The van der Waals surface area contributed by atoms with Crippen LogP contribution in [0, 0.1) is 13.8 Å². The topological polar surface area (TPSA) is 51.0 Å². The standard InChI is InChI=1S/C13H14F3N3O/c1-7(12-8(2)19-20-9(12)3)18-11-5-4-10(6-17-11)13(14,15)16/h4-7H,1-3H3,(H,17,18). The summed E-state index contributed by atoms with van der Waals surface area (Å²) in [6.07, 6.45) is -3.57. The molecule has 0 bridgehead atoms. The normalized spacial score (nSPS) is 13.3. The Balaban J connectivity index is 2.15. The highest BCUT2D eigenvalue weighted by molar-refractivity contribution is 5.40. The molecular weight excluding hydrogens is 271 g/mol. The Hall–Kier alpha value is -2.05. The Bertz CT molecular complexity index is 570. The summed E-state index contributed by atoms with van der Waals surface area (Å²) in [4.78, 5) is 3.77. The van der Waals surface area contributed by atoms with Crippen molar-refractivity contribution in [1.29, 1.82) is 0 Å². The van der Waals surface area contributed by atoms with E-state index in [2.05, 4.69) is 15.5 Å². The first kappa shape index (κ1) is 14.4. The monoisotopic (exact) mass is 285 g/mol. The van der Waals surface area contributed by atoms with E-state index in [0.29, 0.717) is 11.6 Å². The summed E-state index contributed by atoms with van der Waals surface area (Å²) in [6.45, 7) is 5.46. The number of alkyl halides is 3. The largest absolute Gasteiger partial charge is 0.417 e. The third-order valence-corrected chi connectivity index (χ3v) is 2.98. The molecule has 0 fully saturated rings. The average Bonchev–Trinajstić information content (AvgIpc) is 2.68. The summed E-state index contributed by atoms with van der Waals surface area (Å²) in [5.41, 5.74) is 0.856. The molecule has 2 aromatic heterocycles. The molecular formula is C13H14F3N3O. The zero-order chi connectivity index (χ0) is 14.9. The molecule has 108 valence electrons. The number of hydrogen-bond donors (Lipinski definition) is 1. The molecule has 1 unspecified atom stereocenters. The van der Waals surface area contributed by atoms with Gasteiger partial charge in [-0.25, -0.2) is 4.98 Å². The molecule has 4 nitrogen and oxygen atoms in total. The van der Waals surface area contributed by atoms with E-state index in [-0.39, 0.29) is 6.04 Å². The van der Waals surface area contributed by atoms with Crippen LogP contribution in [-0.2, 0) is 6.18 Å². The van der Waals surface area contributed by atoms with Gasteiger partial charge in [0, 0.05) is 11.8 Å². The number of aryl methyl sites for hydroxylation is 2.